The molecule has 3 aromatic rings. The van der Waals surface area contributed by atoms with Crippen LogP contribution in [0.1, 0.15) is 37.3 Å². The van der Waals surface area contributed by atoms with Gasteiger partial charge in [-0.3, -0.25) is 14.5 Å². The molecular formula is C37H46N4O6Si. The molecule has 11 heteroatoms. The largest absolute Gasteiger partial charge is 0.497 e. The van der Waals surface area contributed by atoms with Crippen LogP contribution < -0.4 is 24.8 Å². The molecule has 0 aromatic heterocycles. The first-order valence-electron chi connectivity index (χ1n) is 17.0. The van der Waals surface area contributed by atoms with E-state index in [1.807, 2.05) is 85.6 Å². The lowest BCUT2D eigenvalue weighted by Crippen LogP contribution is -2.55. The van der Waals surface area contributed by atoms with Gasteiger partial charge >= 0.3 is 0 Å². The first kappa shape index (κ1) is 32.8. The number of aliphatic hydroxyl groups is 1. The SMILES string of the molecule is COc1ccc2c(c1)[C@@]1(O[C@H](CCO)[C@@H]([Si](C)(C)O)[C@@H]1C)C(=O)N2Cc1cccc(N2CN(c3ccccc3)C3(CCNCC3)C2=O)c1. The number of aliphatic hydroxyl groups excluding tert-OH is 1. The van der Waals surface area contributed by atoms with Gasteiger partial charge in [-0.2, -0.15) is 0 Å². The van der Waals surface area contributed by atoms with Crippen molar-refractivity contribution in [2.24, 2.45) is 5.92 Å². The van der Waals surface area contributed by atoms with Crippen LogP contribution in [0.25, 0.3) is 0 Å². The lowest BCUT2D eigenvalue weighted by atomic mass is 9.82. The summed E-state index contributed by atoms with van der Waals surface area (Å²) in [6, 6.07) is 23.7. The second-order valence-electron chi connectivity index (χ2n) is 14.2. The fourth-order valence-electron chi connectivity index (χ4n) is 8.91. The molecule has 3 saturated heterocycles. The summed E-state index contributed by atoms with van der Waals surface area (Å²) in [5.74, 6) is 0.199. The number of carbonyl (C=O) groups is 2. The monoisotopic (exact) mass is 670 g/mol. The van der Waals surface area contributed by atoms with Crippen molar-refractivity contribution in [3.63, 3.8) is 0 Å². The first-order valence-corrected chi connectivity index (χ1v) is 20.0. The van der Waals surface area contributed by atoms with Gasteiger partial charge in [-0.1, -0.05) is 37.3 Å². The molecule has 48 heavy (non-hydrogen) atoms. The Morgan fingerprint density at radius 2 is 1.71 bits per heavy atom. The Hall–Kier alpha value is -3.74. The standard InChI is InChI=1S/C37H46N4O6Si/c1-25-33(48(3,4)45)32(15-20-42)47-37(25)30-22-29(46-2)13-14-31(30)39(35(37)44)23-26-9-8-12-28(21-26)40-24-41(27-10-6-5-7-11-27)36(34(40)43)16-18-38-19-17-36/h5-14,21-22,25,32-33,38,42,45H,15-20,23-24H2,1-4H3/t25-,32+,33-,37+/m0/s1. The van der Waals surface area contributed by atoms with Crippen molar-refractivity contribution in [2.45, 2.75) is 68.6 Å². The van der Waals surface area contributed by atoms with E-state index in [1.165, 1.54) is 0 Å². The molecule has 4 heterocycles. The van der Waals surface area contributed by atoms with Gasteiger partial charge in [-0.05, 0) is 93.5 Å². The number of hydrogen-bond donors (Lipinski definition) is 3. The van der Waals surface area contributed by atoms with Crippen molar-refractivity contribution in [1.82, 2.24) is 5.32 Å². The molecule has 7 rings (SSSR count). The lowest BCUT2D eigenvalue weighted by Gasteiger charge is -2.39. The van der Waals surface area contributed by atoms with Crippen molar-refractivity contribution < 1.29 is 29.0 Å². The first-order chi connectivity index (χ1) is 23.0. The van der Waals surface area contributed by atoms with E-state index in [2.05, 4.69) is 22.3 Å². The summed E-state index contributed by atoms with van der Waals surface area (Å²) in [5, 5.41) is 13.3. The van der Waals surface area contributed by atoms with Gasteiger partial charge in [0.05, 0.1) is 32.1 Å². The van der Waals surface area contributed by atoms with Crippen LogP contribution in [0.5, 0.6) is 5.75 Å². The maximum atomic E-state index is 14.8. The Bertz CT molecular complexity index is 1690. The quantitative estimate of drug-likeness (QED) is 0.303. The molecule has 4 aliphatic rings. The number of nitrogens with zero attached hydrogens (tertiary/aromatic N) is 3. The molecule has 10 nitrogen and oxygen atoms in total. The summed E-state index contributed by atoms with van der Waals surface area (Å²) >= 11 is 0. The van der Waals surface area contributed by atoms with Crippen LogP contribution in [0.2, 0.25) is 18.6 Å². The van der Waals surface area contributed by atoms with E-state index in [4.69, 9.17) is 9.47 Å². The molecule has 254 valence electrons. The Morgan fingerprint density at radius 3 is 2.40 bits per heavy atom. The van der Waals surface area contributed by atoms with Crippen molar-refractivity contribution in [1.29, 1.82) is 0 Å². The molecular weight excluding hydrogens is 625 g/mol. The van der Waals surface area contributed by atoms with E-state index in [9.17, 15) is 19.5 Å². The average molecular weight is 671 g/mol. The van der Waals surface area contributed by atoms with Gasteiger partial charge in [0.15, 0.2) is 13.9 Å². The van der Waals surface area contributed by atoms with Gasteiger partial charge < -0.3 is 34.5 Å². The summed E-state index contributed by atoms with van der Waals surface area (Å²) in [4.78, 5) is 46.4. The topological polar surface area (TPSA) is 115 Å². The summed E-state index contributed by atoms with van der Waals surface area (Å²) in [6.07, 6.45) is 1.33. The van der Waals surface area contributed by atoms with Gasteiger partial charge in [-0.15, -0.1) is 0 Å². The second kappa shape index (κ2) is 12.3. The number of amides is 2. The minimum atomic E-state index is -2.81. The van der Waals surface area contributed by atoms with Crippen LogP contribution in [0.15, 0.2) is 72.8 Å². The Balaban J connectivity index is 1.23. The van der Waals surface area contributed by atoms with Crippen LogP contribution in [0.3, 0.4) is 0 Å². The number of rotatable bonds is 8. The van der Waals surface area contributed by atoms with Crippen molar-refractivity contribution in [2.75, 3.05) is 48.2 Å². The number of nitrogens with one attached hydrogen (secondary N) is 1. The third-order valence-electron chi connectivity index (χ3n) is 11.1. The number of hydrogen-bond acceptors (Lipinski definition) is 8. The smallest absolute Gasteiger partial charge is 0.264 e. The molecule has 0 radical (unpaired) electrons. The fourth-order valence-corrected chi connectivity index (χ4v) is 11.5. The second-order valence-corrected chi connectivity index (χ2v) is 18.2. The highest BCUT2D eigenvalue weighted by molar-refractivity contribution is 6.71. The van der Waals surface area contributed by atoms with Crippen LogP contribution >= 0.6 is 0 Å². The predicted octanol–water partition coefficient (Wildman–Crippen LogP) is 4.36. The summed E-state index contributed by atoms with van der Waals surface area (Å²) in [7, 11) is -1.21. The summed E-state index contributed by atoms with van der Waals surface area (Å²) in [5.41, 5.74) is 1.99. The number of para-hydroxylation sites is 1. The number of piperidine rings is 1. The van der Waals surface area contributed by atoms with Gasteiger partial charge in [0.2, 0.25) is 0 Å². The van der Waals surface area contributed by atoms with Gasteiger partial charge in [0, 0.05) is 35.0 Å². The lowest BCUT2D eigenvalue weighted by molar-refractivity contribution is -0.146. The van der Waals surface area contributed by atoms with Crippen LogP contribution in [0, 0.1) is 5.92 Å². The van der Waals surface area contributed by atoms with E-state index in [0.29, 0.717) is 18.8 Å². The summed E-state index contributed by atoms with van der Waals surface area (Å²) in [6.45, 7) is 7.93. The average Bonchev–Trinajstić information content (AvgIpc) is 3.63. The molecule has 0 bridgehead atoms. The van der Waals surface area contributed by atoms with Crippen LogP contribution in [-0.4, -0.2) is 75.2 Å². The van der Waals surface area contributed by atoms with Crippen LogP contribution in [0.4, 0.5) is 17.1 Å². The van der Waals surface area contributed by atoms with Gasteiger partial charge in [-0.25, -0.2) is 0 Å². The maximum absolute atomic E-state index is 14.8. The number of ether oxygens (including phenoxy) is 2. The third-order valence-corrected chi connectivity index (χ3v) is 13.6. The Labute approximate surface area is 283 Å². The zero-order valence-electron chi connectivity index (χ0n) is 28.2. The zero-order valence-corrected chi connectivity index (χ0v) is 29.2. The molecule has 3 fully saturated rings. The fraction of sp³-hybridized carbons (Fsp3) is 0.459. The van der Waals surface area contributed by atoms with Crippen molar-refractivity contribution in [3.8, 4) is 5.75 Å². The minimum absolute atomic E-state index is 0.0984. The molecule has 0 aliphatic carbocycles. The van der Waals surface area contributed by atoms with Crippen molar-refractivity contribution >= 4 is 37.2 Å². The maximum Gasteiger partial charge on any atom is 0.264 e. The molecule has 4 aliphatic heterocycles. The number of fused-ring (bicyclic) bond motifs is 2. The normalized spacial score (nSPS) is 26.6. The number of carbonyl (C=O) groups excluding carboxylic acids is 2. The number of benzene rings is 3. The van der Waals surface area contributed by atoms with E-state index in [-0.39, 0.29) is 36.4 Å². The highest BCUT2D eigenvalue weighted by Gasteiger charge is 2.66. The van der Waals surface area contributed by atoms with E-state index >= 15 is 0 Å². The molecule has 3 aromatic carbocycles. The molecule has 4 atom stereocenters. The minimum Gasteiger partial charge on any atom is -0.497 e. The highest BCUT2D eigenvalue weighted by Crippen LogP contribution is 2.60. The van der Waals surface area contributed by atoms with Crippen LogP contribution in [-0.2, 0) is 26.5 Å². The van der Waals surface area contributed by atoms with Gasteiger partial charge in [0.1, 0.15) is 11.3 Å². The molecule has 2 amide bonds. The van der Waals surface area contributed by atoms with Gasteiger partial charge in [0.25, 0.3) is 11.8 Å². The molecule has 2 spiro atoms. The van der Waals surface area contributed by atoms with Crippen molar-refractivity contribution in [3.05, 3.63) is 83.9 Å². The van der Waals surface area contributed by atoms with E-state index < -0.39 is 25.6 Å². The summed E-state index contributed by atoms with van der Waals surface area (Å²) < 4.78 is 12.3. The van der Waals surface area contributed by atoms with E-state index in [0.717, 1.165) is 54.1 Å². The van der Waals surface area contributed by atoms with E-state index in [1.54, 1.807) is 12.0 Å². The highest BCUT2D eigenvalue weighted by atomic mass is 28.4. The number of anilines is 3. The third kappa shape index (κ3) is 5.06. The Morgan fingerprint density at radius 1 is 0.979 bits per heavy atom. The molecule has 3 N–H and O–H groups in total. The zero-order chi connectivity index (χ0) is 33.8. The molecule has 0 saturated carbocycles. The predicted molar refractivity (Wildman–Crippen MR) is 188 cm³/mol. The number of methoxy groups -OCH3 is 1. The molecule has 0 unspecified atom stereocenters. The Kier molecular flexibility index (Phi) is 8.40.